The van der Waals surface area contributed by atoms with Crippen LogP contribution in [0.2, 0.25) is 0 Å². The van der Waals surface area contributed by atoms with Crippen molar-refractivity contribution in [1.82, 2.24) is 14.6 Å². The molecular weight excluding hydrogens is 260 g/mol. The molecule has 0 radical (unpaired) electrons. The van der Waals surface area contributed by atoms with E-state index in [0.717, 1.165) is 22.2 Å². The Hall–Kier alpha value is -1.92. The average Bonchev–Trinajstić information content (AvgIpc) is 3.02. The van der Waals surface area contributed by atoms with Gasteiger partial charge in [-0.15, -0.1) is 21.5 Å². The van der Waals surface area contributed by atoms with E-state index >= 15 is 0 Å². The quantitative estimate of drug-likeness (QED) is 0.771. The highest BCUT2D eigenvalue weighted by Gasteiger charge is 2.10. The van der Waals surface area contributed by atoms with Crippen LogP contribution in [-0.4, -0.2) is 21.2 Å². The Morgan fingerprint density at radius 1 is 1.21 bits per heavy atom. The number of benzene rings is 1. The second-order valence-electron chi connectivity index (χ2n) is 4.08. The Labute approximate surface area is 114 Å². The van der Waals surface area contributed by atoms with Gasteiger partial charge >= 0.3 is 0 Å². The molecule has 0 amide bonds. The molecule has 19 heavy (non-hydrogen) atoms. The maximum absolute atomic E-state index is 5.71. The van der Waals surface area contributed by atoms with E-state index < -0.39 is 0 Å². The van der Waals surface area contributed by atoms with Gasteiger partial charge in [-0.05, 0) is 12.1 Å². The molecule has 0 saturated heterocycles. The number of rotatable bonds is 5. The maximum atomic E-state index is 5.71. The van der Waals surface area contributed by atoms with Crippen LogP contribution in [0, 0.1) is 0 Å². The van der Waals surface area contributed by atoms with Gasteiger partial charge in [0.15, 0.2) is 0 Å². The molecule has 0 saturated carbocycles. The van der Waals surface area contributed by atoms with Crippen LogP contribution in [0.3, 0.4) is 0 Å². The maximum Gasteiger partial charge on any atom is 0.216 e. The van der Waals surface area contributed by atoms with Gasteiger partial charge in [0.1, 0.15) is 11.6 Å². The van der Waals surface area contributed by atoms with Crippen LogP contribution in [0.5, 0.6) is 5.75 Å². The fraction of sp³-hybridized carbons (Fsp3) is 0.231. The highest BCUT2D eigenvalue weighted by molar-refractivity contribution is 7.15. The van der Waals surface area contributed by atoms with Crippen molar-refractivity contribution in [3.8, 4) is 5.75 Å². The van der Waals surface area contributed by atoms with Crippen LogP contribution in [0.1, 0.15) is 11.5 Å². The number of ether oxygens (including phenoxy) is 1. The third kappa shape index (κ3) is 2.45. The first-order chi connectivity index (χ1) is 9.38. The van der Waals surface area contributed by atoms with E-state index in [0.29, 0.717) is 19.6 Å². The highest BCUT2D eigenvalue weighted by Crippen LogP contribution is 2.16. The predicted molar refractivity (Wildman–Crippen MR) is 74.4 cm³/mol. The number of thiazole rings is 1. The van der Waals surface area contributed by atoms with Gasteiger partial charge in [-0.2, -0.15) is 0 Å². The Bertz CT molecular complexity index is 662. The van der Waals surface area contributed by atoms with Gasteiger partial charge in [-0.1, -0.05) is 18.2 Å². The lowest BCUT2D eigenvalue weighted by atomic mass is 10.3. The Morgan fingerprint density at radius 3 is 2.84 bits per heavy atom. The van der Waals surface area contributed by atoms with E-state index in [9.17, 15) is 0 Å². The number of para-hydroxylation sites is 1. The van der Waals surface area contributed by atoms with E-state index in [1.165, 1.54) is 0 Å². The van der Waals surface area contributed by atoms with Crippen molar-refractivity contribution >= 4 is 16.3 Å². The summed E-state index contributed by atoms with van der Waals surface area (Å²) in [4.78, 5) is 0.884. The summed E-state index contributed by atoms with van der Waals surface area (Å²) >= 11 is 1.56. The van der Waals surface area contributed by atoms with Gasteiger partial charge in [0, 0.05) is 18.3 Å². The van der Waals surface area contributed by atoms with Crippen LogP contribution in [0.25, 0.3) is 4.96 Å². The lowest BCUT2D eigenvalue weighted by Crippen LogP contribution is -2.08. The number of hydrogen-bond acceptors (Lipinski definition) is 5. The zero-order chi connectivity index (χ0) is 13.1. The predicted octanol–water partition coefficient (Wildman–Crippen LogP) is 1.87. The number of aromatic nitrogens is 3. The van der Waals surface area contributed by atoms with Crippen molar-refractivity contribution in [1.29, 1.82) is 0 Å². The van der Waals surface area contributed by atoms with E-state index in [2.05, 4.69) is 10.2 Å². The van der Waals surface area contributed by atoms with Crippen molar-refractivity contribution in [2.75, 3.05) is 6.61 Å². The molecule has 1 aromatic carbocycles. The minimum Gasteiger partial charge on any atom is -0.493 e. The molecule has 2 heterocycles. The molecule has 2 N–H and O–H groups in total. The third-order valence-corrected chi connectivity index (χ3v) is 3.70. The molecule has 0 aliphatic rings. The summed E-state index contributed by atoms with van der Waals surface area (Å²) < 4.78 is 7.68. The summed E-state index contributed by atoms with van der Waals surface area (Å²) in [6.07, 6.45) is 0.708. The van der Waals surface area contributed by atoms with Gasteiger partial charge in [-0.25, -0.2) is 0 Å². The summed E-state index contributed by atoms with van der Waals surface area (Å²) in [7, 11) is 0. The van der Waals surface area contributed by atoms with Gasteiger partial charge in [-0.3, -0.25) is 4.40 Å². The van der Waals surface area contributed by atoms with Crippen molar-refractivity contribution in [2.45, 2.75) is 13.0 Å². The van der Waals surface area contributed by atoms with E-state index in [1.54, 1.807) is 11.3 Å². The second kappa shape index (κ2) is 5.38. The summed E-state index contributed by atoms with van der Waals surface area (Å²) in [5, 5.41) is 10.3. The molecule has 0 spiro atoms. The molecular formula is C13H14N4OS. The standard InChI is InChI=1S/C13H14N4OS/c14-8-10-9-19-13-16-15-12(17(10)13)6-7-18-11-4-2-1-3-5-11/h1-5,9H,6-8,14H2. The fourth-order valence-corrected chi connectivity index (χ4v) is 2.78. The van der Waals surface area contributed by atoms with Crippen molar-refractivity contribution in [3.05, 3.63) is 47.2 Å². The first-order valence-corrected chi connectivity index (χ1v) is 6.95. The molecule has 0 aliphatic heterocycles. The first-order valence-electron chi connectivity index (χ1n) is 6.07. The smallest absolute Gasteiger partial charge is 0.216 e. The van der Waals surface area contributed by atoms with Gasteiger partial charge in [0.2, 0.25) is 4.96 Å². The third-order valence-electron chi connectivity index (χ3n) is 2.83. The lowest BCUT2D eigenvalue weighted by molar-refractivity contribution is 0.318. The van der Waals surface area contributed by atoms with Crippen molar-refractivity contribution in [2.24, 2.45) is 5.73 Å². The second-order valence-corrected chi connectivity index (χ2v) is 4.91. The molecule has 0 aliphatic carbocycles. The van der Waals surface area contributed by atoms with Crippen molar-refractivity contribution < 1.29 is 4.74 Å². The summed E-state index contributed by atoms with van der Waals surface area (Å²) in [5.74, 6) is 1.76. The van der Waals surface area contributed by atoms with Gasteiger partial charge < -0.3 is 10.5 Å². The Kier molecular flexibility index (Phi) is 3.43. The van der Waals surface area contributed by atoms with Gasteiger partial charge in [0.05, 0.1) is 12.3 Å². The number of fused-ring (bicyclic) bond motifs is 1. The zero-order valence-electron chi connectivity index (χ0n) is 10.3. The fourth-order valence-electron chi connectivity index (χ4n) is 1.92. The molecule has 0 unspecified atom stereocenters. The summed E-state index contributed by atoms with van der Waals surface area (Å²) in [5.41, 5.74) is 6.75. The number of hydrogen-bond donors (Lipinski definition) is 1. The monoisotopic (exact) mass is 274 g/mol. The normalized spacial score (nSPS) is 11.0. The molecule has 0 fully saturated rings. The van der Waals surface area contributed by atoms with E-state index in [4.69, 9.17) is 10.5 Å². The van der Waals surface area contributed by atoms with E-state index in [1.807, 2.05) is 40.1 Å². The minimum absolute atomic E-state index is 0.491. The van der Waals surface area contributed by atoms with Crippen LogP contribution >= 0.6 is 11.3 Å². The summed E-state index contributed by atoms with van der Waals surface area (Å²) in [6.45, 7) is 1.06. The minimum atomic E-state index is 0.491. The number of nitrogens with two attached hydrogens (primary N) is 1. The first kappa shape index (κ1) is 12.1. The largest absolute Gasteiger partial charge is 0.493 e. The van der Waals surface area contributed by atoms with Crippen LogP contribution in [-0.2, 0) is 13.0 Å². The summed E-state index contributed by atoms with van der Waals surface area (Å²) in [6, 6.07) is 9.75. The van der Waals surface area contributed by atoms with Crippen LogP contribution in [0.15, 0.2) is 35.7 Å². The highest BCUT2D eigenvalue weighted by atomic mass is 32.1. The van der Waals surface area contributed by atoms with Crippen molar-refractivity contribution in [3.63, 3.8) is 0 Å². The molecule has 0 bridgehead atoms. The zero-order valence-corrected chi connectivity index (χ0v) is 11.1. The molecule has 0 atom stereocenters. The molecule has 3 rings (SSSR count). The lowest BCUT2D eigenvalue weighted by Gasteiger charge is -2.05. The van der Waals surface area contributed by atoms with E-state index in [-0.39, 0.29) is 0 Å². The van der Waals surface area contributed by atoms with Crippen LogP contribution < -0.4 is 10.5 Å². The molecule has 6 heteroatoms. The SMILES string of the molecule is NCc1csc2nnc(CCOc3ccccc3)n12. The molecule has 5 nitrogen and oxygen atoms in total. The number of nitrogens with zero attached hydrogens (tertiary/aromatic N) is 3. The molecule has 2 aromatic heterocycles. The molecule has 98 valence electrons. The van der Waals surface area contributed by atoms with Crippen LogP contribution in [0.4, 0.5) is 0 Å². The topological polar surface area (TPSA) is 65.4 Å². The van der Waals surface area contributed by atoms with Gasteiger partial charge in [0.25, 0.3) is 0 Å². The molecule has 3 aromatic rings. The Morgan fingerprint density at radius 2 is 2.05 bits per heavy atom. The average molecular weight is 274 g/mol. The Balaban J connectivity index is 1.70.